The van der Waals surface area contributed by atoms with E-state index >= 15 is 0 Å². The second-order valence-electron chi connectivity index (χ2n) is 7.98. The second kappa shape index (κ2) is 10.5. The van der Waals surface area contributed by atoms with Gasteiger partial charge in [-0.3, -0.25) is 14.9 Å². The van der Waals surface area contributed by atoms with E-state index in [-0.39, 0.29) is 23.8 Å². The van der Waals surface area contributed by atoms with E-state index in [2.05, 4.69) is 15.8 Å². The maximum absolute atomic E-state index is 12.8. The van der Waals surface area contributed by atoms with E-state index in [1.54, 1.807) is 12.1 Å². The van der Waals surface area contributed by atoms with Crippen molar-refractivity contribution in [2.24, 2.45) is 5.10 Å². The molecule has 0 radical (unpaired) electrons. The average molecular weight is 521 g/mol. The van der Waals surface area contributed by atoms with Gasteiger partial charge >= 0.3 is 5.69 Å². The standard InChI is InChI=1S/C22H22Cl2N6O5/c1-35-19-7-12(6-18(21(19)32)30(33)34)10-26-28-20(31)11-29-17-9-15(24)14(23)8-16(17)27-22(29)13-2-4-25-5-3-13/h6-10,13,25,32H,2-5,11H2,1H3,(H,28,31)/b26-10+. The number of benzene rings is 2. The summed E-state index contributed by atoms with van der Waals surface area (Å²) in [6.45, 7) is 1.65. The number of aromatic hydroxyl groups is 1. The molecule has 1 aliphatic rings. The monoisotopic (exact) mass is 520 g/mol. The molecule has 0 aliphatic carbocycles. The second-order valence-corrected chi connectivity index (χ2v) is 8.79. The third-order valence-electron chi connectivity index (χ3n) is 5.72. The molecule has 1 amide bonds. The van der Waals surface area contributed by atoms with Crippen LogP contribution < -0.4 is 15.5 Å². The van der Waals surface area contributed by atoms with Crippen LogP contribution in [0.5, 0.6) is 11.5 Å². The Morgan fingerprint density at radius 3 is 2.74 bits per heavy atom. The number of nitro benzene ring substituents is 1. The number of nitrogens with zero attached hydrogens (tertiary/aromatic N) is 4. The number of nitrogens with one attached hydrogen (secondary N) is 2. The summed E-state index contributed by atoms with van der Waals surface area (Å²) in [4.78, 5) is 27.9. The molecule has 11 nitrogen and oxygen atoms in total. The smallest absolute Gasteiger partial charge is 0.315 e. The molecular formula is C22H22Cl2N6O5. The highest BCUT2D eigenvalue weighted by molar-refractivity contribution is 6.42. The number of methoxy groups -OCH3 is 1. The number of nitro groups is 1. The van der Waals surface area contributed by atoms with Gasteiger partial charge in [-0.2, -0.15) is 5.10 Å². The first-order valence-corrected chi connectivity index (χ1v) is 11.5. The van der Waals surface area contributed by atoms with Crippen LogP contribution in [0.25, 0.3) is 11.0 Å². The van der Waals surface area contributed by atoms with Gasteiger partial charge in [0.2, 0.25) is 5.75 Å². The lowest BCUT2D eigenvalue weighted by Crippen LogP contribution is -2.30. The Balaban J connectivity index is 1.57. The minimum atomic E-state index is -0.738. The number of amides is 1. The van der Waals surface area contributed by atoms with Gasteiger partial charge in [0.1, 0.15) is 12.4 Å². The summed E-state index contributed by atoms with van der Waals surface area (Å²) in [5.74, 6) is -0.156. The first-order valence-electron chi connectivity index (χ1n) is 10.7. The van der Waals surface area contributed by atoms with Gasteiger partial charge in [0.05, 0.1) is 39.3 Å². The van der Waals surface area contributed by atoms with E-state index in [9.17, 15) is 20.0 Å². The van der Waals surface area contributed by atoms with Crippen molar-refractivity contribution in [2.75, 3.05) is 20.2 Å². The average Bonchev–Trinajstić information content (AvgIpc) is 3.17. The largest absolute Gasteiger partial charge is 0.500 e. The quantitative estimate of drug-likeness (QED) is 0.245. The first-order chi connectivity index (χ1) is 16.8. The Hall–Kier alpha value is -3.41. The molecule has 1 saturated heterocycles. The summed E-state index contributed by atoms with van der Waals surface area (Å²) in [6.07, 6.45) is 2.99. The maximum Gasteiger partial charge on any atom is 0.315 e. The van der Waals surface area contributed by atoms with Gasteiger partial charge < -0.3 is 19.7 Å². The van der Waals surface area contributed by atoms with E-state index < -0.39 is 22.3 Å². The Kier molecular flexibility index (Phi) is 7.39. The zero-order valence-electron chi connectivity index (χ0n) is 18.6. The van der Waals surface area contributed by atoms with Gasteiger partial charge in [0.25, 0.3) is 5.91 Å². The lowest BCUT2D eigenvalue weighted by Gasteiger charge is -2.23. The number of ether oxygens (including phenoxy) is 1. The summed E-state index contributed by atoms with van der Waals surface area (Å²) < 4.78 is 6.78. The molecule has 1 aromatic heterocycles. The normalized spacial score (nSPS) is 14.5. The van der Waals surface area contributed by atoms with E-state index in [1.165, 1.54) is 19.4 Å². The first kappa shape index (κ1) is 24.7. The van der Waals surface area contributed by atoms with Crippen molar-refractivity contribution in [3.63, 3.8) is 0 Å². The summed E-state index contributed by atoms with van der Waals surface area (Å²) in [6, 6.07) is 5.86. The summed E-state index contributed by atoms with van der Waals surface area (Å²) in [5, 5.41) is 29.0. The summed E-state index contributed by atoms with van der Waals surface area (Å²) >= 11 is 12.4. The number of aromatic nitrogens is 2. The number of hydrogen-bond donors (Lipinski definition) is 3. The molecule has 3 N–H and O–H groups in total. The van der Waals surface area contributed by atoms with Crippen LogP contribution in [0.15, 0.2) is 29.4 Å². The number of hydrazone groups is 1. The molecule has 4 rings (SSSR count). The van der Waals surface area contributed by atoms with E-state index in [0.29, 0.717) is 21.1 Å². The minimum Gasteiger partial charge on any atom is -0.500 e. The highest BCUT2D eigenvalue weighted by atomic mass is 35.5. The molecule has 184 valence electrons. The third-order valence-corrected chi connectivity index (χ3v) is 6.44. The van der Waals surface area contributed by atoms with Crippen molar-refractivity contribution in [1.82, 2.24) is 20.3 Å². The molecule has 0 atom stereocenters. The number of carbonyl (C=O) groups is 1. The Bertz CT molecular complexity index is 1320. The van der Waals surface area contributed by atoms with Crippen LogP contribution in [0.2, 0.25) is 10.0 Å². The van der Waals surface area contributed by atoms with Crippen molar-refractivity contribution < 1.29 is 19.6 Å². The van der Waals surface area contributed by atoms with Gasteiger partial charge in [-0.1, -0.05) is 23.2 Å². The lowest BCUT2D eigenvalue weighted by atomic mass is 9.97. The molecule has 2 heterocycles. The van der Waals surface area contributed by atoms with Crippen LogP contribution in [-0.4, -0.2) is 51.9 Å². The number of halogens is 2. The van der Waals surface area contributed by atoms with Crippen molar-refractivity contribution >= 4 is 52.0 Å². The van der Waals surface area contributed by atoms with Gasteiger partial charge in [0.15, 0.2) is 5.75 Å². The molecule has 1 aliphatic heterocycles. The zero-order valence-corrected chi connectivity index (χ0v) is 20.1. The number of hydrogen-bond acceptors (Lipinski definition) is 8. The van der Waals surface area contributed by atoms with Crippen LogP contribution >= 0.6 is 23.2 Å². The van der Waals surface area contributed by atoms with Crippen molar-refractivity contribution in [3.8, 4) is 11.5 Å². The molecule has 0 spiro atoms. The Labute approximate surface area is 209 Å². The van der Waals surface area contributed by atoms with Crippen molar-refractivity contribution in [2.45, 2.75) is 25.3 Å². The molecule has 0 bridgehead atoms. The highest BCUT2D eigenvalue weighted by Crippen LogP contribution is 2.36. The van der Waals surface area contributed by atoms with Gasteiger partial charge in [-0.25, -0.2) is 10.4 Å². The van der Waals surface area contributed by atoms with Crippen LogP contribution in [0.3, 0.4) is 0 Å². The number of piperidine rings is 1. The molecule has 13 heteroatoms. The fourth-order valence-corrected chi connectivity index (χ4v) is 4.35. The van der Waals surface area contributed by atoms with E-state index in [1.807, 2.05) is 4.57 Å². The van der Waals surface area contributed by atoms with Gasteiger partial charge in [-0.05, 0) is 44.1 Å². The predicted octanol–water partition coefficient (Wildman–Crippen LogP) is 3.58. The van der Waals surface area contributed by atoms with Crippen LogP contribution in [-0.2, 0) is 11.3 Å². The minimum absolute atomic E-state index is 0.0654. The molecule has 1 fully saturated rings. The molecule has 3 aromatic rings. The number of fused-ring (bicyclic) bond motifs is 1. The van der Waals surface area contributed by atoms with E-state index in [0.717, 1.165) is 37.8 Å². The predicted molar refractivity (Wildman–Crippen MR) is 132 cm³/mol. The van der Waals surface area contributed by atoms with Crippen LogP contribution in [0.4, 0.5) is 5.69 Å². The maximum atomic E-state index is 12.8. The third kappa shape index (κ3) is 5.31. The molecule has 0 saturated carbocycles. The number of rotatable bonds is 7. The summed E-state index contributed by atoms with van der Waals surface area (Å²) in [5.41, 5.74) is 3.48. The molecule has 0 unspecified atom stereocenters. The lowest BCUT2D eigenvalue weighted by molar-refractivity contribution is -0.386. The number of phenolic OH excluding ortho intramolecular Hbond substituents is 1. The SMILES string of the molecule is COc1cc(/C=N/NC(=O)Cn2c(C3CCNCC3)nc3cc(Cl)c(Cl)cc32)cc([N+](=O)[O-])c1O. The molecular weight excluding hydrogens is 499 g/mol. The van der Waals surface area contributed by atoms with Crippen LogP contribution in [0, 0.1) is 10.1 Å². The number of carbonyl (C=O) groups excluding carboxylic acids is 1. The Morgan fingerprint density at radius 2 is 2.06 bits per heavy atom. The topological polar surface area (TPSA) is 144 Å². The van der Waals surface area contributed by atoms with Gasteiger partial charge in [-0.15, -0.1) is 0 Å². The number of phenols is 1. The van der Waals surface area contributed by atoms with Crippen molar-refractivity contribution in [1.29, 1.82) is 0 Å². The molecule has 2 aromatic carbocycles. The fourth-order valence-electron chi connectivity index (χ4n) is 4.04. The highest BCUT2D eigenvalue weighted by Gasteiger charge is 2.24. The number of imidazole rings is 1. The van der Waals surface area contributed by atoms with Crippen molar-refractivity contribution in [3.05, 3.63) is 55.8 Å². The van der Waals surface area contributed by atoms with Gasteiger partial charge in [0, 0.05) is 17.5 Å². The Morgan fingerprint density at radius 1 is 1.34 bits per heavy atom. The zero-order chi connectivity index (χ0) is 25.1. The van der Waals surface area contributed by atoms with E-state index in [4.69, 9.17) is 32.9 Å². The van der Waals surface area contributed by atoms with Crippen LogP contribution in [0.1, 0.15) is 30.1 Å². The fraction of sp³-hybridized carbons (Fsp3) is 0.318. The summed E-state index contributed by atoms with van der Waals surface area (Å²) in [7, 11) is 1.27. The molecule has 35 heavy (non-hydrogen) atoms.